The highest BCUT2D eigenvalue weighted by Gasteiger charge is 2.50. The third-order valence-electron chi connectivity index (χ3n) is 5.01. The summed E-state index contributed by atoms with van der Waals surface area (Å²) in [7, 11) is 3.99. The molecule has 0 aliphatic carbocycles. The van der Waals surface area contributed by atoms with E-state index in [1.165, 1.54) is 12.8 Å². The standard InChI is InChI=1S/C16H30N2O2/c1-13(2)5-6-15(19)18-11-16(12-18)9-14(10-20-4)7-8-17(16)3/h13-14H,5-12H2,1-4H3. The van der Waals surface area contributed by atoms with Gasteiger partial charge in [-0.15, -0.1) is 0 Å². The van der Waals surface area contributed by atoms with Crippen molar-refractivity contribution in [2.75, 3.05) is 40.4 Å². The first-order valence-electron chi connectivity index (χ1n) is 7.95. The van der Waals surface area contributed by atoms with Crippen LogP contribution in [0.4, 0.5) is 0 Å². The first kappa shape index (κ1) is 15.8. The van der Waals surface area contributed by atoms with E-state index >= 15 is 0 Å². The molecule has 0 radical (unpaired) electrons. The van der Waals surface area contributed by atoms with Crippen molar-refractivity contribution in [3.05, 3.63) is 0 Å². The van der Waals surface area contributed by atoms with E-state index in [-0.39, 0.29) is 5.54 Å². The summed E-state index contributed by atoms with van der Waals surface area (Å²) in [5.74, 6) is 1.60. The van der Waals surface area contributed by atoms with Crippen molar-refractivity contribution in [2.45, 2.75) is 45.1 Å². The van der Waals surface area contributed by atoms with Crippen molar-refractivity contribution in [2.24, 2.45) is 11.8 Å². The monoisotopic (exact) mass is 282 g/mol. The molecule has 2 aliphatic rings. The van der Waals surface area contributed by atoms with Gasteiger partial charge in [0.1, 0.15) is 0 Å². The zero-order valence-corrected chi connectivity index (χ0v) is 13.5. The quantitative estimate of drug-likeness (QED) is 0.773. The Morgan fingerprint density at radius 3 is 2.70 bits per heavy atom. The van der Waals surface area contributed by atoms with Gasteiger partial charge >= 0.3 is 0 Å². The lowest BCUT2D eigenvalue weighted by atomic mass is 9.75. The smallest absolute Gasteiger partial charge is 0.222 e. The Morgan fingerprint density at radius 2 is 2.10 bits per heavy atom. The minimum absolute atomic E-state index is 0.231. The minimum atomic E-state index is 0.231. The molecule has 0 saturated carbocycles. The van der Waals surface area contributed by atoms with E-state index in [9.17, 15) is 4.79 Å². The minimum Gasteiger partial charge on any atom is -0.384 e. The Bertz CT molecular complexity index is 337. The average Bonchev–Trinajstić information content (AvgIpc) is 2.36. The van der Waals surface area contributed by atoms with E-state index in [0.29, 0.717) is 24.2 Å². The molecule has 0 aromatic heterocycles. The van der Waals surface area contributed by atoms with Crippen molar-refractivity contribution in [1.29, 1.82) is 0 Å². The second-order valence-corrected chi connectivity index (χ2v) is 7.14. The summed E-state index contributed by atoms with van der Waals surface area (Å²) in [6, 6.07) is 0. The molecule has 0 bridgehead atoms. The molecule has 4 nitrogen and oxygen atoms in total. The third kappa shape index (κ3) is 3.34. The predicted molar refractivity (Wildman–Crippen MR) is 80.6 cm³/mol. The molecule has 2 rings (SSSR count). The fourth-order valence-electron chi connectivity index (χ4n) is 3.57. The fraction of sp³-hybridized carbons (Fsp3) is 0.938. The number of rotatable bonds is 5. The zero-order valence-electron chi connectivity index (χ0n) is 13.5. The lowest BCUT2D eigenvalue weighted by Gasteiger charge is -2.58. The predicted octanol–water partition coefficient (Wildman–Crippen LogP) is 1.99. The van der Waals surface area contributed by atoms with E-state index in [2.05, 4.69) is 25.8 Å². The van der Waals surface area contributed by atoms with Crippen molar-refractivity contribution >= 4 is 5.91 Å². The SMILES string of the molecule is COCC1CCN(C)C2(C1)CN(C(=O)CCC(C)C)C2. The van der Waals surface area contributed by atoms with E-state index in [1.807, 2.05) is 4.90 Å². The van der Waals surface area contributed by atoms with Gasteiger partial charge in [-0.05, 0) is 44.7 Å². The van der Waals surface area contributed by atoms with Crippen LogP contribution in [0.1, 0.15) is 39.5 Å². The Hall–Kier alpha value is -0.610. The maximum absolute atomic E-state index is 12.2. The molecule has 2 fully saturated rings. The highest BCUT2D eigenvalue weighted by molar-refractivity contribution is 5.77. The van der Waals surface area contributed by atoms with Crippen LogP contribution in [0.5, 0.6) is 0 Å². The van der Waals surface area contributed by atoms with Gasteiger partial charge in [0.2, 0.25) is 5.91 Å². The van der Waals surface area contributed by atoms with Crippen LogP contribution in [0.2, 0.25) is 0 Å². The summed E-state index contributed by atoms with van der Waals surface area (Å²) in [4.78, 5) is 16.7. The highest BCUT2D eigenvalue weighted by Crippen LogP contribution is 2.38. The molecule has 2 aliphatic heterocycles. The number of carbonyl (C=O) groups excluding carboxylic acids is 1. The molecule has 1 unspecified atom stereocenters. The maximum Gasteiger partial charge on any atom is 0.222 e. The Labute approximate surface area is 123 Å². The third-order valence-corrected chi connectivity index (χ3v) is 5.01. The summed E-state index contributed by atoms with van der Waals surface area (Å²) in [6.45, 7) is 8.17. The maximum atomic E-state index is 12.2. The fourth-order valence-corrected chi connectivity index (χ4v) is 3.57. The van der Waals surface area contributed by atoms with Crippen LogP contribution in [-0.2, 0) is 9.53 Å². The Balaban J connectivity index is 1.84. The number of methoxy groups -OCH3 is 1. The molecular weight excluding hydrogens is 252 g/mol. The van der Waals surface area contributed by atoms with Gasteiger partial charge in [-0.25, -0.2) is 0 Å². The highest BCUT2D eigenvalue weighted by atomic mass is 16.5. The van der Waals surface area contributed by atoms with Crippen molar-refractivity contribution in [1.82, 2.24) is 9.80 Å². The lowest BCUT2D eigenvalue weighted by molar-refractivity contribution is -0.151. The average molecular weight is 282 g/mol. The summed E-state index contributed by atoms with van der Waals surface area (Å²) < 4.78 is 5.32. The van der Waals surface area contributed by atoms with E-state index in [4.69, 9.17) is 4.74 Å². The van der Waals surface area contributed by atoms with Gasteiger partial charge in [0.15, 0.2) is 0 Å². The number of hydrogen-bond acceptors (Lipinski definition) is 3. The number of carbonyl (C=O) groups is 1. The first-order valence-corrected chi connectivity index (χ1v) is 7.95. The zero-order chi connectivity index (χ0) is 14.8. The first-order chi connectivity index (χ1) is 9.47. The molecular formula is C16H30N2O2. The second-order valence-electron chi connectivity index (χ2n) is 7.14. The number of nitrogens with zero attached hydrogens (tertiary/aromatic N) is 2. The van der Waals surface area contributed by atoms with Crippen LogP contribution in [-0.4, -0.2) is 61.6 Å². The molecule has 20 heavy (non-hydrogen) atoms. The van der Waals surface area contributed by atoms with Crippen molar-refractivity contribution in [3.8, 4) is 0 Å². The number of amides is 1. The number of piperidine rings is 1. The Morgan fingerprint density at radius 1 is 1.40 bits per heavy atom. The molecule has 0 aromatic rings. The summed E-state index contributed by atoms with van der Waals surface area (Å²) >= 11 is 0. The van der Waals surface area contributed by atoms with Crippen LogP contribution in [0.15, 0.2) is 0 Å². The van der Waals surface area contributed by atoms with Gasteiger partial charge < -0.3 is 9.64 Å². The van der Waals surface area contributed by atoms with Crippen molar-refractivity contribution < 1.29 is 9.53 Å². The van der Waals surface area contributed by atoms with Crippen LogP contribution in [0.25, 0.3) is 0 Å². The molecule has 1 amide bonds. The van der Waals surface area contributed by atoms with E-state index in [1.54, 1.807) is 7.11 Å². The second kappa shape index (κ2) is 6.44. The number of hydrogen-bond donors (Lipinski definition) is 0. The molecule has 1 spiro atoms. The Kier molecular flexibility index (Phi) is 5.08. The van der Waals surface area contributed by atoms with Gasteiger partial charge in [-0.1, -0.05) is 13.8 Å². The molecule has 1 atom stereocenters. The molecule has 0 aromatic carbocycles. The number of likely N-dealkylation sites (tertiary alicyclic amines) is 2. The van der Waals surface area contributed by atoms with Gasteiger partial charge in [0.25, 0.3) is 0 Å². The summed E-state index contributed by atoms with van der Waals surface area (Å²) in [5, 5.41) is 0. The molecule has 2 heterocycles. The largest absolute Gasteiger partial charge is 0.384 e. The summed E-state index contributed by atoms with van der Waals surface area (Å²) in [6.07, 6.45) is 4.10. The van der Waals surface area contributed by atoms with Crippen molar-refractivity contribution in [3.63, 3.8) is 0 Å². The van der Waals surface area contributed by atoms with Gasteiger partial charge in [0.05, 0.1) is 5.54 Å². The summed E-state index contributed by atoms with van der Waals surface area (Å²) in [5.41, 5.74) is 0.231. The normalized spacial score (nSPS) is 26.1. The van der Waals surface area contributed by atoms with Gasteiger partial charge in [-0.2, -0.15) is 0 Å². The topological polar surface area (TPSA) is 32.8 Å². The van der Waals surface area contributed by atoms with Gasteiger partial charge in [0, 0.05) is 33.2 Å². The number of ether oxygens (including phenoxy) is 1. The molecule has 0 N–H and O–H groups in total. The molecule has 4 heteroatoms. The van der Waals surface area contributed by atoms with Gasteiger partial charge in [-0.3, -0.25) is 9.69 Å². The van der Waals surface area contributed by atoms with Crippen LogP contribution < -0.4 is 0 Å². The van der Waals surface area contributed by atoms with Crippen LogP contribution in [0, 0.1) is 11.8 Å². The lowest BCUT2D eigenvalue weighted by Crippen LogP contribution is -2.72. The molecule has 116 valence electrons. The molecule has 2 saturated heterocycles. The van der Waals surface area contributed by atoms with E-state index in [0.717, 1.165) is 32.7 Å². The van der Waals surface area contributed by atoms with Crippen LogP contribution in [0.3, 0.4) is 0 Å². The van der Waals surface area contributed by atoms with Crippen LogP contribution >= 0.6 is 0 Å². The number of likely N-dealkylation sites (N-methyl/N-ethyl adjacent to an activating group) is 1. The van der Waals surface area contributed by atoms with E-state index < -0.39 is 0 Å².